The van der Waals surface area contributed by atoms with Crippen molar-refractivity contribution < 1.29 is 0 Å². The third kappa shape index (κ3) is 3.05. The van der Waals surface area contributed by atoms with Crippen LogP contribution in [0.2, 0.25) is 5.02 Å². The summed E-state index contributed by atoms with van der Waals surface area (Å²) in [5, 5.41) is 0.732. The Morgan fingerprint density at radius 3 is 2.42 bits per heavy atom. The van der Waals surface area contributed by atoms with Crippen LogP contribution in [0.25, 0.3) is 0 Å². The number of para-hydroxylation sites is 1. The minimum Gasteiger partial charge on any atom is -0.341 e. The van der Waals surface area contributed by atoms with E-state index in [1.165, 1.54) is 11.3 Å². The van der Waals surface area contributed by atoms with Crippen LogP contribution < -0.4 is 4.90 Å². The maximum absolute atomic E-state index is 6.13. The minimum atomic E-state index is 0.481. The molecule has 0 heterocycles. The first-order chi connectivity index (χ1) is 9.17. The molecule has 0 fully saturated rings. The first-order valence-electron chi connectivity index (χ1n) is 6.35. The standard InChI is InChI=1S/C16H17Cl2N/c1-3-19(15-7-5-4-6-12(15)2)16-10-14(18)9-8-13(16)11-17/h4-10H,3,11H2,1-2H3. The van der Waals surface area contributed by atoms with Crippen LogP contribution in [-0.4, -0.2) is 6.54 Å². The highest BCUT2D eigenvalue weighted by atomic mass is 35.5. The van der Waals surface area contributed by atoms with Crippen LogP contribution >= 0.6 is 23.2 Å². The molecule has 0 saturated heterocycles. The van der Waals surface area contributed by atoms with Crippen molar-refractivity contribution in [2.45, 2.75) is 19.7 Å². The number of anilines is 2. The zero-order valence-corrected chi connectivity index (χ0v) is 12.7. The molecule has 0 aliphatic rings. The van der Waals surface area contributed by atoms with Crippen LogP contribution in [0.1, 0.15) is 18.1 Å². The Kier molecular flexibility index (Phi) is 4.73. The van der Waals surface area contributed by atoms with Gasteiger partial charge in [-0.2, -0.15) is 0 Å². The lowest BCUT2D eigenvalue weighted by molar-refractivity contribution is 1.01. The monoisotopic (exact) mass is 293 g/mol. The third-order valence-electron chi connectivity index (χ3n) is 3.20. The smallest absolute Gasteiger partial charge is 0.0494 e. The van der Waals surface area contributed by atoms with Gasteiger partial charge in [-0.15, -0.1) is 11.6 Å². The summed E-state index contributed by atoms with van der Waals surface area (Å²) < 4.78 is 0. The summed E-state index contributed by atoms with van der Waals surface area (Å²) in [6.45, 7) is 5.11. The van der Waals surface area contributed by atoms with E-state index in [1.54, 1.807) is 0 Å². The van der Waals surface area contributed by atoms with Crippen molar-refractivity contribution >= 4 is 34.6 Å². The van der Waals surface area contributed by atoms with Gasteiger partial charge < -0.3 is 4.90 Å². The SMILES string of the molecule is CCN(c1ccccc1C)c1cc(Cl)ccc1CCl. The highest BCUT2D eigenvalue weighted by Crippen LogP contribution is 2.33. The molecule has 0 spiro atoms. The van der Waals surface area contributed by atoms with E-state index in [1.807, 2.05) is 24.3 Å². The second-order valence-electron chi connectivity index (χ2n) is 4.44. The van der Waals surface area contributed by atoms with Crippen molar-refractivity contribution in [3.8, 4) is 0 Å². The van der Waals surface area contributed by atoms with E-state index in [0.717, 1.165) is 22.8 Å². The zero-order chi connectivity index (χ0) is 13.8. The van der Waals surface area contributed by atoms with Gasteiger partial charge in [-0.25, -0.2) is 0 Å². The molecule has 100 valence electrons. The van der Waals surface area contributed by atoms with Crippen LogP contribution in [0.4, 0.5) is 11.4 Å². The van der Waals surface area contributed by atoms with Gasteiger partial charge in [0.1, 0.15) is 0 Å². The number of rotatable bonds is 4. The number of nitrogens with zero attached hydrogens (tertiary/aromatic N) is 1. The molecule has 2 aromatic rings. The van der Waals surface area contributed by atoms with Gasteiger partial charge in [0, 0.05) is 28.8 Å². The first-order valence-corrected chi connectivity index (χ1v) is 7.26. The summed E-state index contributed by atoms with van der Waals surface area (Å²) in [4.78, 5) is 2.25. The highest BCUT2D eigenvalue weighted by Gasteiger charge is 2.13. The van der Waals surface area contributed by atoms with Gasteiger partial charge in [0.05, 0.1) is 0 Å². The molecule has 1 nitrogen and oxygen atoms in total. The number of hydrogen-bond acceptors (Lipinski definition) is 1. The average Bonchev–Trinajstić information content (AvgIpc) is 2.42. The van der Waals surface area contributed by atoms with Crippen LogP contribution in [-0.2, 0) is 5.88 Å². The van der Waals surface area contributed by atoms with Gasteiger partial charge in [0.25, 0.3) is 0 Å². The number of hydrogen-bond donors (Lipinski definition) is 0. The summed E-state index contributed by atoms with van der Waals surface area (Å²) in [7, 11) is 0. The minimum absolute atomic E-state index is 0.481. The molecule has 3 heteroatoms. The van der Waals surface area contributed by atoms with Crippen LogP contribution in [0.5, 0.6) is 0 Å². The van der Waals surface area contributed by atoms with E-state index in [2.05, 4.69) is 36.9 Å². The maximum atomic E-state index is 6.13. The van der Waals surface area contributed by atoms with Crippen molar-refractivity contribution in [3.63, 3.8) is 0 Å². The van der Waals surface area contributed by atoms with E-state index in [4.69, 9.17) is 23.2 Å². The topological polar surface area (TPSA) is 3.24 Å². The second-order valence-corrected chi connectivity index (χ2v) is 5.14. The Hall–Kier alpha value is -1.18. The summed E-state index contributed by atoms with van der Waals surface area (Å²) in [5.41, 5.74) is 4.61. The van der Waals surface area contributed by atoms with Crippen molar-refractivity contribution in [2.75, 3.05) is 11.4 Å². The number of aryl methyl sites for hydroxylation is 1. The van der Waals surface area contributed by atoms with Crippen LogP contribution in [0.15, 0.2) is 42.5 Å². The highest BCUT2D eigenvalue weighted by molar-refractivity contribution is 6.31. The molecule has 2 aromatic carbocycles. The fraction of sp³-hybridized carbons (Fsp3) is 0.250. The molecule has 0 atom stereocenters. The Morgan fingerprint density at radius 1 is 1.05 bits per heavy atom. The summed E-state index contributed by atoms with van der Waals surface area (Å²) in [5.74, 6) is 0.481. The molecule has 0 unspecified atom stereocenters. The fourth-order valence-corrected chi connectivity index (χ4v) is 2.63. The molecule has 0 aromatic heterocycles. The first kappa shape index (κ1) is 14.2. The predicted octanol–water partition coefficient (Wildman–Crippen LogP) is 5.55. The van der Waals surface area contributed by atoms with Crippen molar-refractivity contribution in [2.24, 2.45) is 0 Å². The van der Waals surface area contributed by atoms with E-state index in [9.17, 15) is 0 Å². The molecule has 0 radical (unpaired) electrons. The van der Waals surface area contributed by atoms with Gasteiger partial charge in [-0.1, -0.05) is 35.9 Å². The zero-order valence-electron chi connectivity index (χ0n) is 11.2. The average molecular weight is 294 g/mol. The Morgan fingerprint density at radius 2 is 1.79 bits per heavy atom. The molecule has 0 aliphatic heterocycles. The Balaban J connectivity index is 2.54. The van der Waals surface area contributed by atoms with E-state index in [0.29, 0.717) is 5.88 Å². The molecule has 0 N–H and O–H groups in total. The molecular weight excluding hydrogens is 277 g/mol. The number of halogens is 2. The van der Waals surface area contributed by atoms with Gasteiger partial charge in [-0.3, -0.25) is 0 Å². The van der Waals surface area contributed by atoms with Crippen molar-refractivity contribution in [1.29, 1.82) is 0 Å². The molecule has 19 heavy (non-hydrogen) atoms. The van der Waals surface area contributed by atoms with Gasteiger partial charge >= 0.3 is 0 Å². The lowest BCUT2D eigenvalue weighted by atomic mass is 10.1. The van der Waals surface area contributed by atoms with Gasteiger partial charge in [0.2, 0.25) is 0 Å². The summed E-state index contributed by atoms with van der Waals surface area (Å²) in [6.07, 6.45) is 0. The van der Waals surface area contributed by atoms with Crippen molar-refractivity contribution in [1.82, 2.24) is 0 Å². The summed E-state index contributed by atoms with van der Waals surface area (Å²) >= 11 is 12.2. The predicted molar refractivity (Wildman–Crippen MR) is 84.9 cm³/mol. The fourth-order valence-electron chi connectivity index (χ4n) is 2.24. The lowest BCUT2D eigenvalue weighted by Crippen LogP contribution is -2.18. The van der Waals surface area contributed by atoms with Crippen molar-refractivity contribution in [3.05, 3.63) is 58.6 Å². The molecular formula is C16H17Cl2N. The maximum Gasteiger partial charge on any atom is 0.0494 e. The Bertz CT molecular complexity index is 566. The van der Waals surface area contributed by atoms with Gasteiger partial charge in [0.15, 0.2) is 0 Å². The largest absolute Gasteiger partial charge is 0.341 e. The Labute approximate surface area is 124 Å². The lowest BCUT2D eigenvalue weighted by Gasteiger charge is -2.27. The van der Waals surface area contributed by atoms with E-state index in [-0.39, 0.29) is 0 Å². The van der Waals surface area contributed by atoms with Crippen LogP contribution in [0, 0.1) is 6.92 Å². The van der Waals surface area contributed by atoms with Gasteiger partial charge in [-0.05, 0) is 43.2 Å². The van der Waals surface area contributed by atoms with E-state index < -0.39 is 0 Å². The molecule has 0 bridgehead atoms. The quantitative estimate of drug-likeness (QED) is 0.669. The molecule has 2 rings (SSSR count). The third-order valence-corrected chi connectivity index (χ3v) is 3.73. The van der Waals surface area contributed by atoms with Crippen LogP contribution in [0.3, 0.4) is 0 Å². The summed E-state index contributed by atoms with van der Waals surface area (Å²) in [6, 6.07) is 14.2. The molecule has 0 saturated carbocycles. The normalized spacial score (nSPS) is 10.5. The molecule has 0 amide bonds. The molecule has 0 aliphatic carbocycles. The number of alkyl halides is 1. The van der Waals surface area contributed by atoms with E-state index >= 15 is 0 Å². The second kappa shape index (κ2) is 6.31. The number of benzene rings is 2.